The molecule has 3 unspecified atom stereocenters. The summed E-state index contributed by atoms with van der Waals surface area (Å²) in [5, 5.41) is 12.2. The van der Waals surface area contributed by atoms with Gasteiger partial charge in [0.2, 0.25) is 11.8 Å². The second-order valence-electron chi connectivity index (χ2n) is 17.0. The van der Waals surface area contributed by atoms with E-state index in [1.807, 2.05) is 47.4 Å². The van der Waals surface area contributed by atoms with Crippen LogP contribution in [0.2, 0.25) is 0 Å². The molecule has 11 nitrogen and oxygen atoms in total. The van der Waals surface area contributed by atoms with E-state index in [0.29, 0.717) is 37.9 Å². The minimum atomic E-state index is -1.10. The van der Waals surface area contributed by atoms with Gasteiger partial charge in [-0.05, 0) is 123 Å². The van der Waals surface area contributed by atoms with Crippen LogP contribution in [0.15, 0.2) is 91.0 Å². The SMILES string of the molecule is CC1CN(c2cc3c(cc2F)C(=O)N(C2CCC(=O)NC2=O)C3=O)CC(C)N1CC1CCN(CCOc2ccc(C(=C(CCCl)c3ccccc3)c3ccc(O)cc3)cc2)CC1. The fourth-order valence-corrected chi connectivity index (χ4v) is 9.82. The molecule has 4 aromatic carbocycles. The Morgan fingerprint density at radius 3 is 2.08 bits per heavy atom. The number of hydrogen-bond donors (Lipinski definition) is 2. The van der Waals surface area contributed by atoms with Crippen LogP contribution in [0.1, 0.15) is 83.4 Å². The molecule has 0 aliphatic carbocycles. The van der Waals surface area contributed by atoms with Crippen LogP contribution in [0.4, 0.5) is 10.1 Å². The van der Waals surface area contributed by atoms with Crippen LogP contribution < -0.4 is 15.0 Å². The van der Waals surface area contributed by atoms with E-state index in [2.05, 4.69) is 53.2 Å². The lowest BCUT2D eigenvalue weighted by atomic mass is 9.88. The van der Waals surface area contributed by atoms with Gasteiger partial charge in [0.15, 0.2) is 0 Å². The largest absolute Gasteiger partial charge is 0.508 e. The molecule has 8 rings (SSSR count). The number of phenolic OH excluding ortho intramolecular Hbond substituents is 1. The van der Waals surface area contributed by atoms with E-state index in [-0.39, 0.29) is 47.5 Å². The van der Waals surface area contributed by atoms with Gasteiger partial charge in [-0.3, -0.25) is 39.2 Å². The second kappa shape index (κ2) is 18.8. The topological polar surface area (TPSA) is 123 Å². The zero-order valence-electron chi connectivity index (χ0n) is 35.2. The zero-order chi connectivity index (χ0) is 43.5. The number of alkyl halides is 1. The molecular weight excluding hydrogens is 809 g/mol. The normalized spacial score (nSPS) is 21.8. The number of amides is 4. The standard InChI is InChI=1S/C49H53ClFN5O6/c1-31-28-54(44-27-41-40(26-42(44)51)48(60)56(49(41)61)43-16-17-45(58)52-47(43)59)29-32(2)55(31)30-33-19-22-53(23-20-33)24-25-62-38-14-10-36(11-15-38)46(35-8-12-37(57)13-9-35)39(18-21-50)34-6-4-3-5-7-34/h3-15,26-27,31-33,43,57H,16-25,28-30H2,1-2H3,(H,52,58,59). The van der Waals surface area contributed by atoms with Gasteiger partial charge in [-0.25, -0.2) is 4.39 Å². The number of aromatic hydroxyl groups is 1. The van der Waals surface area contributed by atoms with E-state index < -0.39 is 35.5 Å². The molecule has 0 radical (unpaired) electrons. The van der Waals surface area contributed by atoms with Crippen molar-refractivity contribution in [2.45, 2.75) is 64.1 Å². The maximum Gasteiger partial charge on any atom is 0.262 e. The number of piperazine rings is 1. The first-order valence-corrected chi connectivity index (χ1v) is 22.2. The van der Waals surface area contributed by atoms with E-state index in [0.717, 1.165) is 83.6 Å². The van der Waals surface area contributed by atoms with Gasteiger partial charge < -0.3 is 14.7 Å². The van der Waals surface area contributed by atoms with Crippen LogP contribution in [0.25, 0.3) is 11.1 Å². The van der Waals surface area contributed by atoms with Crippen LogP contribution in [0, 0.1) is 11.7 Å². The van der Waals surface area contributed by atoms with Crippen molar-refractivity contribution < 1.29 is 33.4 Å². The number of piperidine rings is 2. The van der Waals surface area contributed by atoms with Crippen LogP contribution in [0.3, 0.4) is 0 Å². The van der Waals surface area contributed by atoms with E-state index in [9.17, 15) is 24.3 Å². The lowest BCUT2D eigenvalue weighted by Gasteiger charge is -2.47. The Kier molecular flexibility index (Phi) is 13.1. The highest BCUT2D eigenvalue weighted by molar-refractivity contribution is 6.24. The minimum Gasteiger partial charge on any atom is -0.508 e. The predicted molar refractivity (Wildman–Crippen MR) is 238 cm³/mol. The number of likely N-dealkylation sites (tertiary alicyclic amines) is 1. The molecule has 3 atom stereocenters. The maximum absolute atomic E-state index is 15.7. The molecule has 4 aliphatic rings. The summed E-state index contributed by atoms with van der Waals surface area (Å²) in [6.45, 7) is 9.76. The van der Waals surface area contributed by atoms with Crippen LogP contribution in [-0.4, -0.2) is 113 Å². The fourth-order valence-electron chi connectivity index (χ4n) is 9.63. The molecular formula is C49H53ClFN5O6. The Hall–Kier alpha value is -5.56. The molecule has 0 bridgehead atoms. The third-order valence-electron chi connectivity index (χ3n) is 12.9. The van der Waals surface area contributed by atoms with Crippen molar-refractivity contribution in [2.24, 2.45) is 5.92 Å². The number of imide groups is 2. The van der Waals surface area contributed by atoms with Crippen molar-refractivity contribution in [3.8, 4) is 11.5 Å². The monoisotopic (exact) mass is 861 g/mol. The number of carbonyl (C=O) groups is 4. The average Bonchev–Trinajstić information content (AvgIpc) is 3.50. The number of benzene rings is 4. The van der Waals surface area contributed by atoms with Crippen molar-refractivity contribution in [1.82, 2.24) is 20.0 Å². The number of allylic oxidation sites excluding steroid dienone is 1. The molecule has 0 aromatic heterocycles. The molecule has 0 spiro atoms. The summed E-state index contributed by atoms with van der Waals surface area (Å²) in [6.07, 6.45) is 2.90. The first-order chi connectivity index (χ1) is 30.0. The summed E-state index contributed by atoms with van der Waals surface area (Å²) >= 11 is 6.33. The molecule has 4 amide bonds. The lowest BCUT2D eigenvalue weighted by molar-refractivity contribution is -0.136. The summed E-state index contributed by atoms with van der Waals surface area (Å²) in [7, 11) is 0. The average molecular weight is 862 g/mol. The lowest BCUT2D eigenvalue weighted by Crippen LogP contribution is -2.58. The summed E-state index contributed by atoms with van der Waals surface area (Å²) < 4.78 is 22.0. The Bertz CT molecular complexity index is 2320. The van der Waals surface area contributed by atoms with Gasteiger partial charge >= 0.3 is 0 Å². The van der Waals surface area contributed by atoms with Crippen LogP contribution in [0.5, 0.6) is 11.5 Å². The van der Waals surface area contributed by atoms with E-state index >= 15 is 4.39 Å². The van der Waals surface area contributed by atoms with Gasteiger partial charge in [-0.1, -0.05) is 54.6 Å². The molecule has 4 heterocycles. The number of halogens is 2. The fraction of sp³-hybridized carbons (Fsp3) is 0.388. The molecule has 3 saturated heterocycles. The van der Waals surface area contributed by atoms with Crippen molar-refractivity contribution in [3.63, 3.8) is 0 Å². The van der Waals surface area contributed by atoms with Gasteiger partial charge in [-0.2, -0.15) is 0 Å². The van der Waals surface area contributed by atoms with Gasteiger partial charge in [0, 0.05) is 50.6 Å². The summed E-state index contributed by atoms with van der Waals surface area (Å²) in [5.74, 6) is -1.04. The highest BCUT2D eigenvalue weighted by Gasteiger charge is 2.45. The Morgan fingerprint density at radius 2 is 1.45 bits per heavy atom. The first-order valence-electron chi connectivity index (χ1n) is 21.6. The number of nitrogens with zero attached hydrogens (tertiary/aromatic N) is 4. The second-order valence-corrected chi connectivity index (χ2v) is 17.3. The number of rotatable bonds is 13. The highest BCUT2D eigenvalue weighted by Crippen LogP contribution is 2.37. The minimum absolute atomic E-state index is 0.0197. The van der Waals surface area contributed by atoms with Crippen molar-refractivity contribution in [1.29, 1.82) is 0 Å². The molecule has 4 aromatic rings. The third kappa shape index (κ3) is 9.14. The van der Waals surface area contributed by atoms with Gasteiger partial charge in [0.05, 0.1) is 16.8 Å². The molecule has 3 fully saturated rings. The summed E-state index contributed by atoms with van der Waals surface area (Å²) in [4.78, 5) is 58.7. The van der Waals surface area contributed by atoms with Gasteiger partial charge in [0.1, 0.15) is 30.0 Å². The number of nitrogens with one attached hydrogen (secondary N) is 1. The number of hydrogen-bond acceptors (Lipinski definition) is 9. The molecule has 324 valence electrons. The number of fused-ring (bicyclic) bond motifs is 1. The maximum atomic E-state index is 15.7. The molecule has 62 heavy (non-hydrogen) atoms. The van der Waals surface area contributed by atoms with Crippen LogP contribution >= 0.6 is 11.6 Å². The zero-order valence-corrected chi connectivity index (χ0v) is 36.0. The third-order valence-corrected chi connectivity index (χ3v) is 13.1. The van der Waals surface area contributed by atoms with Gasteiger partial charge in [0.25, 0.3) is 11.8 Å². The first kappa shape index (κ1) is 43.1. The van der Waals surface area contributed by atoms with E-state index in [1.54, 1.807) is 12.1 Å². The van der Waals surface area contributed by atoms with E-state index in [4.69, 9.17) is 16.3 Å². The predicted octanol–water partition coefficient (Wildman–Crippen LogP) is 7.21. The van der Waals surface area contributed by atoms with Crippen molar-refractivity contribution in [2.75, 3.05) is 56.7 Å². The number of ether oxygens (including phenoxy) is 1. The van der Waals surface area contributed by atoms with Gasteiger partial charge in [-0.15, -0.1) is 11.6 Å². The van der Waals surface area contributed by atoms with E-state index in [1.165, 1.54) is 6.07 Å². The Morgan fingerprint density at radius 1 is 0.823 bits per heavy atom. The van der Waals surface area contributed by atoms with Crippen molar-refractivity contribution in [3.05, 3.63) is 125 Å². The van der Waals surface area contributed by atoms with Crippen molar-refractivity contribution >= 4 is 52.1 Å². The Balaban J connectivity index is 0.830. The summed E-state index contributed by atoms with van der Waals surface area (Å²) in [6, 6.07) is 27.5. The highest BCUT2D eigenvalue weighted by atomic mass is 35.5. The Labute approximate surface area is 367 Å². The molecule has 2 N–H and O–H groups in total. The number of phenols is 1. The summed E-state index contributed by atoms with van der Waals surface area (Å²) in [5.41, 5.74) is 5.67. The quantitative estimate of drug-likeness (QED) is 0.0816. The van der Waals surface area contributed by atoms with Crippen LogP contribution in [-0.2, 0) is 9.59 Å². The smallest absolute Gasteiger partial charge is 0.262 e. The molecule has 0 saturated carbocycles. The molecule has 13 heteroatoms. The number of carbonyl (C=O) groups excluding carboxylic acids is 4. The molecule has 4 aliphatic heterocycles. The number of anilines is 1.